The van der Waals surface area contributed by atoms with Crippen molar-refractivity contribution in [1.29, 1.82) is 0 Å². The Morgan fingerprint density at radius 1 is 1.17 bits per heavy atom. The van der Waals surface area contributed by atoms with Crippen molar-refractivity contribution in [3.8, 4) is 0 Å². The van der Waals surface area contributed by atoms with Gasteiger partial charge in [-0.2, -0.15) is 0 Å². The van der Waals surface area contributed by atoms with Gasteiger partial charge in [-0.25, -0.2) is 0 Å². The van der Waals surface area contributed by atoms with E-state index in [2.05, 4.69) is 17.4 Å². The lowest BCUT2D eigenvalue weighted by Crippen LogP contribution is -2.48. The Morgan fingerprint density at radius 2 is 1.94 bits per heavy atom. The van der Waals surface area contributed by atoms with Crippen molar-refractivity contribution in [2.75, 3.05) is 0 Å². The first kappa shape index (κ1) is 10.1. The lowest BCUT2D eigenvalue weighted by molar-refractivity contribution is 0.0761. The van der Waals surface area contributed by atoms with Gasteiger partial charge in [0.15, 0.2) is 5.11 Å². The standard InChI is InChI=1S/C14H19N3S/c1-5(16-17-13(15)18)14-4-9-7-2-6-8(12(7)14)3-10(14)11(6)9/h6-12,16H,1-4H2,(H3,15,17,18)/t6-,7-,8-,9-,10+,11+,12+,14-/m0/s1. The number of allylic oxidation sites excluding steroid dienone is 1. The summed E-state index contributed by atoms with van der Waals surface area (Å²) in [4.78, 5) is 0. The van der Waals surface area contributed by atoms with Gasteiger partial charge in [-0.05, 0) is 72.9 Å². The molecule has 0 unspecified atom stereocenters. The van der Waals surface area contributed by atoms with E-state index in [0.717, 1.165) is 41.4 Å². The number of rotatable bonds is 3. The fourth-order valence-corrected chi connectivity index (χ4v) is 7.46. The van der Waals surface area contributed by atoms with Gasteiger partial charge < -0.3 is 11.2 Å². The van der Waals surface area contributed by atoms with Gasteiger partial charge in [0.05, 0.1) is 0 Å². The first-order chi connectivity index (χ1) is 8.64. The Hall–Kier alpha value is -0.770. The molecule has 18 heavy (non-hydrogen) atoms. The van der Waals surface area contributed by atoms with E-state index in [1.807, 2.05) is 0 Å². The molecule has 8 atom stereocenters. The number of hydrazine groups is 1. The minimum absolute atomic E-state index is 0.307. The molecule has 0 aliphatic heterocycles. The van der Waals surface area contributed by atoms with Gasteiger partial charge >= 0.3 is 0 Å². The molecule has 4 N–H and O–H groups in total. The summed E-state index contributed by atoms with van der Waals surface area (Å²) in [6.45, 7) is 4.34. The maximum atomic E-state index is 5.51. The maximum Gasteiger partial charge on any atom is 0.182 e. The highest BCUT2D eigenvalue weighted by Crippen LogP contribution is 2.88. The topological polar surface area (TPSA) is 50.1 Å². The molecule has 0 radical (unpaired) electrons. The zero-order valence-corrected chi connectivity index (χ0v) is 11.2. The van der Waals surface area contributed by atoms with Gasteiger partial charge in [-0.3, -0.25) is 5.43 Å². The summed E-state index contributed by atoms with van der Waals surface area (Å²) in [7, 11) is 0. The van der Waals surface area contributed by atoms with Gasteiger partial charge in [-0.1, -0.05) is 6.58 Å². The quantitative estimate of drug-likeness (QED) is 0.530. The van der Waals surface area contributed by atoms with Gasteiger partial charge in [0.1, 0.15) is 0 Å². The average Bonchev–Trinajstić information content (AvgIpc) is 2.98. The highest BCUT2D eigenvalue weighted by Gasteiger charge is 2.83. The molecule has 6 fully saturated rings. The summed E-state index contributed by atoms with van der Waals surface area (Å²) in [5.74, 6) is 7.02. The van der Waals surface area contributed by atoms with Crippen LogP contribution in [-0.2, 0) is 0 Å². The predicted molar refractivity (Wildman–Crippen MR) is 72.9 cm³/mol. The molecule has 0 heterocycles. The van der Waals surface area contributed by atoms with Gasteiger partial charge in [0, 0.05) is 11.1 Å². The Bertz CT molecular complexity index is 487. The smallest absolute Gasteiger partial charge is 0.182 e. The third-order valence-electron chi connectivity index (χ3n) is 7.27. The maximum absolute atomic E-state index is 5.51. The monoisotopic (exact) mass is 261 g/mol. The average molecular weight is 261 g/mol. The number of hydrogen-bond donors (Lipinski definition) is 3. The Balaban J connectivity index is 1.52. The molecule has 0 aromatic rings. The third-order valence-corrected chi connectivity index (χ3v) is 7.38. The van der Waals surface area contributed by atoms with E-state index in [4.69, 9.17) is 18.0 Å². The first-order valence-corrected chi connectivity index (χ1v) is 7.56. The van der Waals surface area contributed by atoms with Crippen LogP contribution < -0.4 is 16.6 Å². The van der Waals surface area contributed by atoms with Crippen LogP contribution in [0.25, 0.3) is 0 Å². The van der Waals surface area contributed by atoms with Crippen LogP contribution in [0.2, 0.25) is 0 Å². The highest BCUT2D eigenvalue weighted by atomic mass is 32.1. The Morgan fingerprint density at radius 3 is 2.72 bits per heavy atom. The highest BCUT2D eigenvalue weighted by molar-refractivity contribution is 7.80. The molecule has 0 spiro atoms. The van der Waals surface area contributed by atoms with E-state index in [0.29, 0.717) is 10.5 Å². The molecule has 6 aliphatic carbocycles. The molecule has 6 saturated carbocycles. The van der Waals surface area contributed by atoms with E-state index < -0.39 is 0 Å². The summed E-state index contributed by atoms with van der Waals surface area (Å²) in [5.41, 5.74) is 13.2. The number of nitrogens with two attached hydrogens (primary N) is 1. The van der Waals surface area contributed by atoms with Crippen LogP contribution in [0.1, 0.15) is 19.3 Å². The largest absolute Gasteiger partial charge is 0.375 e. The first-order valence-electron chi connectivity index (χ1n) is 7.15. The summed E-state index contributed by atoms with van der Waals surface area (Å²) >= 11 is 4.87. The van der Waals surface area contributed by atoms with E-state index in [-0.39, 0.29) is 0 Å². The Labute approximate surface area is 113 Å². The molecular weight excluding hydrogens is 242 g/mol. The normalized spacial score (nSPS) is 59.9. The molecule has 6 aliphatic rings. The molecule has 0 saturated heterocycles. The van der Waals surface area contributed by atoms with E-state index >= 15 is 0 Å². The van der Waals surface area contributed by atoms with Crippen LogP contribution in [0, 0.1) is 46.8 Å². The second-order valence-electron chi connectivity index (χ2n) is 7.17. The third kappa shape index (κ3) is 0.771. The van der Waals surface area contributed by atoms with Crippen LogP contribution in [0.3, 0.4) is 0 Å². The molecule has 6 bridgehead atoms. The van der Waals surface area contributed by atoms with Crippen molar-refractivity contribution in [2.24, 2.45) is 52.6 Å². The molecule has 0 aromatic carbocycles. The lowest BCUT2D eigenvalue weighted by atomic mass is 9.62. The lowest BCUT2D eigenvalue weighted by Gasteiger charge is -2.43. The molecule has 3 nitrogen and oxygen atoms in total. The molecule has 6 rings (SSSR count). The molecule has 0 aromatic heterocycles. The van der Waals surface area contributed by atoms with Crippen LogP contribution in [-0.4, -0.2) is 5.11 Å². The zero-order chi connectivity index (χ0) is 12.2. The van der Waals surface area contributed by atoms with E-state index in [1.54, 1.807) is 0 Å². The number of thiocarbonyl (C=S) groups is 1. The van der Waals surface area contributed by atoms with Crippen LogP contribution >= 0.6 is 12.2 Å². The summed E-state index contributed by atoms with van der Waals surface area (Å²) < 4.78 is 0. The van der Waals surface area contributed by atoms with Gasteiger partial charge in [0.2, 0.25) is 0 Å². The van der Waals surface area contributed by atoms with Crippen molar-refractivity contribution in [3.05, 3.63) is 12.3 Å². The minimum atomic E-state index is 0.307. The zero-order valence-electron chi connectivity index (χ0n) is 10.4. The molecule has 4 heteroatoms. The van der Waals surface area contributed by atoms with Crippen molar-refractivity contribution in [2.45, 2.75) is 19.3 Å². The van der Waals surface area contributed by atoms with Crippen molar-refractivity contribution >= 4 is 17.3 Å². The SMILES string of the molecule is C=C(NNC(N)=S)[C@@]12C[C@H]3[C@@H]4C[C@H]5[C@H](C[C@@H]1[C@@H]35)[C@@H]42. The van der Waals surface area contributed by atoms with Crippen LogP contribution in [0.4, 0.5) is 0 Å². The van der Waals surface area contributed by atoms with Gasteiger partial charge in [0.25, 0.3) is 0 Å². The summed E-state index contributed by atoms with van der Waals surface area (Å²) in [6.07, 6.45) is 4.38. The van der Waals surface area contributed by atoms with Crippen LogP contribution in [0.5, 0.6) is 0 Å². The minimum Gasteiger partial charge on any atom is -0.375 e. The number of hydrogen-bond acceptors (Lipinski definition) is 2. The summed E-state index contributed by atoms with van der Waals surface area (Å²) in [6, 6.07) is 0. The Kier molecular flexibility index (Phi) is 1.52. The van der Waals surface area contributed by atoms with Crippen molar-refractivity contribution in [3.63, 3.8) is 0 Å². The second kappa shape index (κ2) is 2.72. The molecule has 0 amide bonds. The van der Waals surface area contributed by atoms with Crippen LogP contribution in [0.15, 0.2) is 12.3 Å². The number of nitrogens with one attached hydrogen (secondary N) is 2. The van der Waals surface area contributed by atoms with E-state index in [1.165, 1.54) is 25.0 Å². The fraction of sp³-hybridized carbons (Fsp3) is 0.786. The van der Waals surface area contributed by atoms with Gasteiger partial charge in [-0.15, -0.1) is 0 Å². The second-order valence-corrected chi connectivity index (χ2v) is 7.61. The van der Waals surface area contributed by atoms with Crippen molar-refractivity contribution < 1.29 is 0 Å². The predicted octanol–water partition coefficient (Wildman–Crippen LogP) is 1.38. The fourth-order valence-electron chi connectivity index (χ4n) is 7.41. The van der Waals surface area contributed by atoms with Crippen molar-refractivity contribution in [1.82, 2.24) is 10.9 Å². The molecular formula is C14H19N3S. The summed E-state index contributed by atoms with van der Waals surface area (Å²) in [5, 5.41) is 0.307. The molecule has 96 valence electrons. The van der Waals surface area contributed by atoms with E-state index in [9.17, 15) is 0 Å².